The first kappa shape index (κ1) is 18.4. The van der Waals surface area contributed by atoms with Crippen molar-refractivity contribution < 1.29 is 14.3 Å². The Hall–Kier alpha value is -1.44. The van der Waals surface area contributed by atoms with Crippen LogP contribution in [0.5, 0.6) is 0 Å². The number of carbonyl (C=O) groups is 2. The molecule has 3 rings (SSSR count). The molecule has 2 unspecified atom stereocenters. The summed E-state index contributed by atoms with van der Waals surface area (Å²) < 4.78 is 6.14. The van der Waals surface area contributed by atoms with Crippen LogP contribution in [0.4, 0.5) is 5.69 Å². The minimum absolute atomic E-state index is 0.0599. The molecule has 1 N–H and O–H groups in total. The van der Waals surface area contributed by atoms with Gasteiger partial charge in [0.05, 0.1) is 17.9 Å². The maximum atomic E-state index is 12.6. The number of nitrogens with zero attached hydrogens (tertiary/aromatic N) is 1. The van der Waals surface area contributed by atoms with Gasteiger partial charge in [-0.15, -0.1) is 0 Å². The molecule has 2 atom stereocenters. The van der Waals surface area contributed by atoms with Crippen LogP contribution in [0.25, 0.3) is 0 Å². The molecule has 0 spiro atoms. The van der Waals surface area contributed by atoms with Gasteiger partial charge in [0.2, 0.25) is 11.8 Å². The fourth-order valence-corrected chi connectivity index (χ4v) is 4.67. The number of anilines is 1. The molecular weight excluding hydrogens is 356 g/mol. The molecule has 2 saturated heterocycles. The van der Waals surface area contributed by atoms with Gasteiger partial charge in [-0.3, -0.25) is 14.5 Å². The number of thiocarbonyl (C=S) groups is 1. The van der Waals surface area contributed by atoms with Crippen LogP contribution >= 0.6 is 24.0 Å². The van der Waals surface area contributed by atoms with Crippen LogP contribution in [0, 0.1) is 13.8 Å². The summed E-state index contributed by atoms with van der Waals surface area (Å²) in [4.78, 5) is 26.6. The van der Waals surface area contributed by atoms with Crippen molar-refractivity contribution in [1.82, 2.24) is 4.90 Å². The molecule has 2 aliphatic rings. The number of ether oxygens (including phenoxy) is 1. The van der Waals surface area contributed by atoms with Crippen molar-refractivity contribution in [3.05, 3.63) is 29.3 Å². The van der Waals surface area contributed by atoms with Gasteiger partial charge in [0, 0.05) is 18.7 Å². The van der Waals surface area contributed by atoms with Crippen LogP contribution < -0.4 is 5.32 Å². The molecule has 134 valence electrons. The molecule has 25 heavy (non-hydrogen) atoms. The summed E-state index contributed by atoms with van der Waals surface area (Å²) in [6.07, 6.45) is 2.16. The summed E-state index contributed by atoms with van der Waals surface area (Å²) in [7, 11) is 0. The maximum Gasteiger partial charge on any atom is 0.242 e. The Bertz CT molecular complexity index is 681. The summed E-state index contributed by atoms with van der Waals surface area (Å²) in [5.74, 6) is -0.243. The van der Waals surface area contributed by atoms with E-state index in [4.69, 9.17) is 17.0 Å². The number of hydrogen-bond acceptors (Lipinski definition) is 5. The van der Waals surface area contributed by atoms with Crippen LogP contribution in [-0.4, -0.2) is 45.5 Å². The summed E-state index contributed by atoms with van der Waals surface area (Å²) >= 11 is 6.64. The predicted octanol–water partition coefficient (Wildman–Crippen LogP) is 3.04. The molecule has 0 radical (unpaired) electrons. The van der Waals surface area contributed by atoms with Gasteiger partial charge in [-0.2, -0.15) is 0 Å². The zero-order chi connectivity index (χ0) is 18.0. The maximum absolute atomic E-state index is 12.6. The number of nitrogens with one attached hydrogen (secondary N) is 1. The Labute approximate surface area is 157 Å². The van der Waals surface area contributed by atoms with Gasteiger partial charge in [-0.25, -0.2) is 0 Å². The molecule has 0 aliphatic carbocycles. The molecule has 2 aliphatic heterocycles. The van der Waals surface area contributed by atoms with E-state index in [1.54, 1.807) is 4.90 Å². The zero-order valence-corrected chi connectivity index (χ0v) is 16.0. The number of carbonyl (C=O) groups excluding carboxylic acids is 2. The van der Waals surface area contributed by atoms with Crippen LogP contribution in [0.1, 0.15) is 30.4 Å². The highest BCUT2D eigenvalue weighted by Crippen LogP contribution is 2.31. The lowest BCUT2D eigenvalue weighted by Gasteiger charge is -2.19. The Balaban J connectivity index is 1.60. The third-order valence-electron chi connectivity index (χ3n) is 4.53. The average molecular weight is 379 g/mol. The number of rotatable bonds is 5. The van der Waals surface area contributed by atoms with Crippen molar-refractivity contribution in [2.24, 2.45) is 0 Å². The molecule has 0 bridgehead atoms. The SMILES string of the molecule is Cc1cccc(C)c1NC(=O)CC1SC(=S)N(CC2CCCO2)C1=O. The number of thioether (sulfide) groups is 1. The number of amides is 2. The first-order valence-electron chi connectivity index (χ1n) is 8.45. The lowest BCUT2D eigenvalue weighted by molar-refractivity contribution is -0.129. The minimum Gasteiger partial charge on any atom is -0.376 e. The summed E-state index contributed by atoms with van der Waals surface area (Å²) in [5, 5.41) is 2.49. The fraction of sp³-hybridized carbons (Fsp3) is 0.500. The van der Waals surface area contributed by atoms with Crippen molar-refractivity contribution in [3.63, 3.8) is 0 Å². The van der Waals surface area contributed by atoms with Crippen molar-refractivity contribution >= 4 is 45.8 Å². The van der Waals surface area contributed by atoms with E-state index in [-0.39, 0.29) is 24.3 Å². The van der Waals surface area contributed by atoms with Gasteiger partial charge in [0.1, 0.15) is 4.32 Å². The molecule has 1 aromatic rings. The molecule has 2 fully saturated rings. The predicted molar refractivity (Wildman–Crippen MR) is 104 cm³/mol. The first-order chi connectivity index (χ1) is 12.0. The molecule has 5 nitrogen and oxygen atoms in total. The van der Waals surface area contributed by atoms with Crippen LogP contribution in [0.3, 0.4) is 0 Å². The van der Waals surface area contributed by atoms with Gasteiger partial charge in [-0.1, -0.05) is 42.2 Å². The van der Waals surface area contributed by atoms with Gasteiger partial charge in [0.25, 0.3) is 0 Å². The van der Waals surface area contributed by atoms with Gasteiger partial charge < -0.3 is 10.1 Å². The summed E-state index contributed by atoms with van der Waals surface area (Å²) in [5.41, 5.74) is 2.84. The van der Waals surface area contributed by atoms with Gasteiger partial charge in [0.15, 0.2) is 0 Å². The summed E-state index contributed by atoms with van der Waals surface area (Å²) in [6, 6.07) is 5.87. The Kier molecular flexibility index (Phi) is 5.76. The van der Waals surface area contributed by atoms with Gasteiger partial charge in [-0.05, 0) is 37.8 Å². The number of benzene rings is 1. The largest absolute Gasteiger partial charge is 0.376 e. The molecule has 2 amide bonds. The van der Waals surface area contributed by atoms with E-state index in [1.807, 2.05) is 32.0 Å². The molecular formula is C18H22N2O3S2. The highest BCUT2D eigenvalue weighted by atomic mass is 32.2. The molecule has 1 aromatic carbocycles. The second-order valence-corrected chi connectivity index (χ2v) is 8.31. The van der Waals surface area contributed by atoms with Crippen molar-refractivity contribution in [3.8, 4) is 0 Å². The van der Waals surface area contributed by atoms with E-state index in [0.717, 1.165) is 36.3 Å². The highest BCUT2D eigenvalue weighted by molar-refractivity contribution is 8.24. The minimum atomic E-state index is -0.446. The van der Waals surface area contributed by atoms with Crippen molar-refractivity contribution in [2.45, 2.75) is 44.5 Å². The van der Waals surface area contributed by atoms with Crippen LogP contribution in [0.15, 0.2) is 18.2 Å². The van der Waals surface area contributed by atoms with E-state index in [1.165, 1.54) is 11.8 Å². The van der Waals surface area contributed by atoms with E-state index in [9.17, 15) is 9.59 Å². The molecule has 0 aromatic heterocycles. The third kappa shape index (κ3) is 4.22. The average Bonchev–Trinajstić information content (AvgIpc) is 3.16. The summed E-state index contributed by atoms with van der Waals surface area (Å²) in [6.45, 7) is 5.15. The van der Waals surface area contributed by atoms with E-state index in [2.05, 4.69) is 5.32 Å². The van der Waals surface area contributed by atoms with Crippen molar-refractivity contribution in [2.75, 3.05) is 18.5 Å². The Morgan fingerprint density at radius 1 is 1.40 bits per heavy atom. The molecule has 7 heteroatoms. The third-order valence-corrected chi connectivity index (χ3v) is 6.12. The number of aryl methyl sites for hydroxylation is 2. The van der Waals surface area contributed by atoms with Gasteiger partial charge >= 0.3 is 0 Å². The first-order valence-corrected chi connectivity index (χ1v) is 9.74. The quantitative estimate of drug-likeness (QED) is 0.798. The molecule has 2 heterocycles. The Morgan fingerprint density at radius 3 is 2.76 bits per heavy atom. The van der Waals surface area contributed by atoms with E-state index >= 15 is 0 Å². The second-order valence-electron chi connectivity index (χ2n) is 6.48. The Morgan fingerprint density at radius 2 is 2.12 bits per heavy atom. The lowest BCUT2D eigenvalue weighted by Crippen LogP contribution is -2.38. The van der Waals surface area contributed by atoms with E-state index < -0.39 is 5.25 Å². The van der Waals surface area contributed by atoms with Crippen LogP contribution in [-0.2, 0) is 14.3 Å². The molecule has 0 saturated carbocycles. The standard InChI is InChI=1S/C18H22N2O3S2/c1-11-5-3-6-12(2)16(11)19-15(21)9-14-17(22)20(18(24)25-14)10-13-7-4-8-23-13/h3,5-6,13-14H,4,7-10H2,1-2H3,(H,19,21). The van der Waals surface area contributed by atoms with E-state index in [0.29, 0.717) is 10.9 Å². The topological polar surface area (TPSA) is 58.6 Å². The van der Waals surface area contributed by atoms with Crippen molar-refractivity contribution in [1.29, 1.82) is 0 Å². The second kappa shape index (κ2) is 7.85. The van der Waals surface area contributed by atoms with Crippen LogP contribution in [0.2, 0.25) is 0 Å². The zero-order valence-electron chi connectivity index (χ0n) is 14.4. The normalized spacial score (nSPS) is 23.4. The fourth-order valence-electron chi connectivity index (χ4n) is 3.16. The smallest absolute Gasteiger partial charge is 0.242 e. The number of para-hydroxylation sites is 1. The lowest BCUT2D eigenvalue weighted by atomic mass is 10.1. The highest BCUT2D eigenvalue weighted by Gasteiger charge is 2.39. The number of hydrogen-bond donors (Lipinski definition) is 1. The monoisotopic (exact) mass is 378 g/mol.